The Balaban J connectivity index is 2.12. The summed E-state index contributed by atoms with van der Waals surface area (Å²) in [5.74, 6) is 0. The van der Waals surface area contributed by atoms with Gasteiger partial charge in [0.15, 0.2) is 0 Å². The van der Waals surface area contributed by atoms with Crippen LogP contribution in [0.5, 0.6) is 0 Å². The molecule has 0 unspecified atom stereocenters. The van der Waals surface area contributed by atoms with E-state index in [9.17, 15) is 0 Å². The standard InChI is InChI=1S/C16H26ClN3/c1-3-20-10-7-15(8-11-20)19(2)16-12-14(17)5-4-13(16)6-9-18/h4-5,12,15H,3,6-11,18H2,1-2H3. The van der Waals surface area contributed by atoms with Crippen LogP contribution >= 0.6 is 11.6 Å². The molecule has 1 saturated heterocycles. The first-order chi connectivity index (χ1) is 9.65. The topological polar surface area (TPSA) is 32.5 Å². The molecular formula is C16H26ClN3. The van der Waals surface area contributed by atoms with E-state index in [1.807, 2.05) is 6.07 Å². The number of benzene rings is 1. The number of nitrogens with two attached hydrogens (primary N) is 1. The molecule has 0 aliphatic carbocycles. The van der Waals surface area contributed by atoms with Crippen molar-refractivity contribution >= 4 is 17.3 Å². The Kier molecular flexibility index (Phi) is 5.70. The number of anilines is 1. The highest BCUT2D eigenvalue weighted by molar-refractivity contribution is 6.30. The first kappa shape index (κ1) is 15.6. The summed E-state index contributed by atoms with van der Waals surface area (Å²) >= 11 is 6.18. The Morgan fingerprint density at radius 1 is 1.35 bits per heavy atom. The van der Waals surface area contributed by atoms with Gasteiger partial charge in [0, 0.05) is 36.9 Å². The fourth-order valence-corrected chi connectivity index (χ4v) is 3.22. The zero-order chi connectivity index (χ0) is 14.5. The summed E-state index contributed by atoms with van der Waals surface area (Å²) in [7, 11) is 2.19. The molecule has 0 atom stereocenters. The summed E-state index contributed by atoms with van der Waals surface area (Å²) in [5.41, 5.74) is 8.28. The van der Waals surface area contributed by atoms with E-state index >= 15 is 0 Å². The predicted molar refractivity (Wildman–Crippen MR) is 87.7 cm³/mol. The number of piperidine rings is 1. The molecule has 0 saturated carbocycles. The van der Waals surface area contributed by atoms with Crippen molar-refractivity contribution in [3.63, 3.8) is 0 Å². The molecule has 0 radical (unpaired) electrons. The van der Waals surface area contributed by atoms with Crippen LogP contribution in [0.25, 0.3) is 0 Å². The van der Waals surface area contributed by atoms with Crippen molar-refractivity contribution in [1.82, 2.24) is 4.90 Å². The Bertz CT molecular complexity index is 428. The molecular weight excluding hydrogens is 270 g/mol. The third-order valence-electron chi connectivity index (χ3n) is 4.39. The van der Waals surface area contributed by atoms with Gasteiger partial charge in [-0.25, -0.2) is 0 Å². The average Bonchev–Trinajstić information content (AvgIpc) is 2.48. The maximum Gasteiger partial charge on any atom is 0.0426 e. The summed E-state index contributed by atoms with van der Waals surface area (Å²) in [5, 5.41) is 0.804. The summed E-state index contributed by atoms with van der Waals surface area (Å²) in [6.07, 6.45) is 3.35. The van der Waals surface area contributed by atoms with Crippen LogP contribution in [0, 0.1) is 0 Å². The van der Waals surface area contributed by atoms with Crippen LogP contribution in [-0.2, 0) is 6.42 Å². The summed E-state index contributed by atoms with van der Waals surface area (Å²) in [6.45, 7) is 6.46. The third kappa shape index (κ3) is 3.66. The largest absolute Gasteiger partial charge is 0.371 e. The molecule has 1 aliphatic rings. The van der Waals surface area contributed by atoms with Crippen molar-refractivity contribution in [1.29, 1.82) is 0 Å². The first-order valence-electron chi connectivity index (χ1n) is 7.59. The van der Waals surface area contributed by atoms with E-state index in [0.717, 1.165) is 18.0 Å². The van der Waals surface area contributed by atoms with Crippen LogP contribution in [0.3, 0.4) is 0 Å². The Morgan fingerprint density at radius 3 is 2.65 bits per heavy atom. The second-order valence-corrected chi connectivity index (χ2v) is 6.02. The van der Waals surface area contributed by atoms with Crippen LogP contribution in [-0.4, -0.2) is 44.2 Å². The number of hydrogen-bond acceptors (Lipinski definition) is 3. The van der Waals surface area contributed by atoms with Gasteiger partial charge in [-0.05, 0) is 50.0 Å². The Morgan fingerprint density at radius 2 is 2.05 bits per heavy atom. The van der Waals surface area contributed by atoms with E-state index in [1.165, 1.54) is 37.2 Å². The number of rotatable bonds is 5. The van der Waals surface area contributed by atoms with Crippen molar-refractivity contribution < 1.29 is 0 Å². The molecule has 1 aromatic rings. The number of likely N-dealkylation sites (tertiary alicyclic amines) is 1. The molecule has 4 heteroatoms. The van der Waals surface area contributed by atoms with Crippen molar-refractivity contribution in [3.8, 4) is 0 Å². The molecule has 1 heterocycles. The molecule has 1 fully saturated rings. The summed E-state index contributed by atoms with van der Waals surface area (Å²) < 4.78 is 0. The normalized spacial score (nSPS) is 17.4. The lowest BCUT2D eigenvalue weighted by molar-refractivity contribution is 0.221. The van der Waals surface area contributed by atoms with Crippen LogP contribution in [0.2, 0.25) is 5.02 Å². The molecule has 3 nitrogen and oxygen atoms in total. The van der Waals surface area contributed by atoms with Gasteiger partial charge < -0.3 is 15.5 Å². The number of nitrogens with zero attached hydrogens (tertiary/aromatic N) is 2. The molecule has 112 valence electrons. The van der Waals surface area contributed by atoms with Gasteiger partial charge in [0.2, 0.25) is 0 Å². The molecule has 0 bridgehead atoms. The van der Waals surface area contributed by atoms with Crippen LogP contribution in [0.15, 0.2) is 18.2 Å². The number of halogens is 1. The highest BCUT2D eigenvalue weighted by Gasteiger charge is 2.23. The van der Waals surface area contributed by atoms with Gasteiger partial charge in [-0.3, -0.25) is 0 Å². The molecule has 20 heavy (non-hydrogen) atoms. The van der Waals surface area contributed by atoms with Gasteiger partial charge in [0.05, 0.1) is 0 Å². The van der Waals surface area contributed by atoms with Gasteiger partial charge in [0.25, 0.3) is 0 Å². The van der Waals surface area contributed by atoms with Gasteiger partial charge in [-0.1, -0.05) is 24.6 Å². The van der Waals surface area contributed by atoms with E-state index in [2.05, 4.69) is 35.9 Å². The fourth-order valence-electron chi connectivity index (χ4n) is 3.05. The first-order valence-corrected chi connectivity index (χ1v) is 7.97. The van der Waals surface area contributed by atoms with Gasteiger partial charge in [0.1, 0.15) is 0 Å². The fraction of sp³-hybridized carbons (Fsp3) is 0.625. The van der Waals surface area contributed by atoms with E-state index in [4.69, 9.17) is 17.3 Å². The molecule has 0 spiro atoms. The Hall–Kier alpha value is -0.770. The minimum atomic E-state index is 0.604. The molecule has 1 aromatic carbocycles. The van der Waals surface area contributed by atoms with Crippen LogP contribution in [0.1, 0.15) is 25.3 Å². The van der Waals surface area contributed by atoms with Crippen molar-refractivity contribution in [2.24, 2.45) is 5.73 Å². The quantitative estimate of drug-likeness (QED) is 0.907. The zero-order valence-corrected chi connectivity index (χ0v) is 13.4. The molecule has 0 aromatic heterocycles. The van der Waals surface area contributed by atoms with Crippen molar-refractivity contribution in [2.45, 2.75) is 32.2 Å². The third-order valence-corrected chi connectivity index (χ3v) is 4.63. The molecule has 0 amide bonds. The maximum absolute atomic E-state index is 6.18. The van der Waals surface area contributed by atoms with Gasteiger partial charge >= 0.3 is 0 Å². The lowest BCUT2D eigenvalue weighted by Gasteiger charge is -2.38. The number of hydrogen-bond donors (Lipinski definition) is 1. The molecule has 2 rings (SSSR count). The van der Waals surface area contributed by atoms with Gasteiger partial charge in [-0.2, -0.15) is 0 Å². The highest BCUT2D eigenvalue weighted by Crippen LogP contribution is 2.28. The smallest absolute Gasteiger partial charge is 0.0426 e. The lowest BCUT2D eigenvalue weighted by Crippen LogP contribution is -2.43. The minimum absolute atomic E-state index is 0.604. The van der Waals surface area contributed by atoms with E-state index < -0.39 is 0 Å². The maximum atomic E-state index is 6.18. The lowest BCUT2D eigenvalue weighted by atomic mass is 10.0. The van der Waals surface area contributed by atoms with Gasteiger partial charge in [-0.15, -0.1) is 0 Å². The van der Waals surface area contributed by atoms with Crippen LogP contribution < -0.4 is 10.6 Å². The van der Waals surface area contributed by atoms with Crippen molar-refractivity contribution in [2.75, 3.05) is 38.1 Å². The van der Waals surface area contributed by atoms with E-state index in [1.54, 1.807) is 0 Å². The Labute approximate surface area is 127 Å². The molecule has 2 N–H and O–H groups in total. The summed E-state index contributed by atoms with van der Waals surface area (Å²) in [6, 6.07) is 6.76. The SMILES string of the molecule is CCN1CCC(N(C)c2cc(Cl)ccc2CCN)CC1. The van der Waals surface area contributed by atoms with Crippen molar-refractivity contribution in [3.05, 3.63) is 28.8 Å². The summed E-state index contributed by atoms with van der Waals surface area (Å²) in [4.78, 5) is 4.92. The molecule has 1 aliphatic heterocycles. The second-order valence-electron chi connectivity index (χ2n) is 5.59. The monoisotopic (exact) mass is 295 g/mol. The second kappa shape index (κ2) is 7.30. The predicted octanol–water partition coefficient (Wildman–Crippen LogP) is 2.76. The highest BCUT2D eigenvalue weighted by atomic mass is 35.5. The van der Waals surface area contributed by atoms with E-state index in [0.29, 0.717) is 12.6 Å². The minimum Gasteiger partial charge on any atom is -0.371 e. The van der Waals surface area contributed by atoms with E-state index in [-0.39, 0.29) is 0 Å². The average molecular weight is 296 g/mol. The zero-order valence-electron chi connectivity index (χ0n) is 12.6. The van der Waals surface area contributed by atoms with Crippen LogP contribution in [0.4, 0.5) is 5.69 Å².